The SMILES string of the molecule is CCCC[C@H](NC(=O)CNC(=O)[C@H](Cc1c[nH]c2ccccc12)NC(C)=O)C(=O)N[C@@H](Cc1c[nH]cn1)C(=O)N[C@@H](CCCNC(=N)N)C(=O)N[C@@H](CCC(N)=O)C(=O)N[C@@H](CCC(=O)O)C(=O)N[C@H](C(=O)N[C@H](C(=O)N[C@@H](CCC(=O)O)C(=O)N[C@@H](CC)C(=O)N[C@@H](CC(C)C)C(=O)N[C@@H](CCCNC(=N)N)C(N)=O)C(C)C)[C@@H](C)OP(=O)(O)O. The lowest BCUT2D eigenvalue weighted by atomic mass is 10.0. The second-order valence-corrected chi connectivity index (χ2v) is 30.5. The highest BCUT2D eigenvalue weighted by atomic mass is 31.2. The first-order chi connectivity index (χ1) is 56.8. The van der Waals surface area contributed by atoms with E-state index in [1.54, 1.807) is 33.0 Å². The molecule has 121 heavy (non-hydrogen) atoms. The van der Waals surface area contributed by atoms with Crippen LogP contribution in [0, 0.1) is 22.7 Å². The molecule has 0 saturated carbocycles. The minimum atomic E-state index is -5.65. The van der Waals surface area contributed by atoms with Crippen molar-refractivity contribution in [3.63, 3.8) is 0 Å². The van der Waals surface area contributed by atoms with Crippen LogP contribution in [-0.4, -0.2) is 246 Å². The Kier molecular flexibility index (Phi) is 44.0. The Morgan fingerprint density at radius 1 is 0.496 bits per heavy atom. The van der Waals surface area contributed by atoms with Crippen LogP contribution >= 0.6 is 7.82 Å². The maximum absolute atomic E-state index is 14.7. The zero-order valence-corrected chi connectivity index (χ0v) is 69.5. The number of fused-ring (bicyclic) bond motifs is 1. The van der Waals surface area contributed by atoms with E-state index in [1.165, 1.54) is 40.2 Å². The molecule has 0 radical (unpaired) electrons. The van der Waals surface area contributed by atoms with Crippen molar-refractivity contribution in [2.75, 3.05) is 19.6 Å². The monoisotopic (exact) mass is 1730 g/mol. The number of amides is 15. The number of hydrogen-bond donors (Lipinski definition) is 27. The molecule has 0 saturated heterocycles. The highest BCUT2D eigenvalue weighted by molar-refractivity contribution is 7.46. The van der Waals surface area contributed by atoms with Gasteiger partial charge in [-0.3, -0.25) is 96.8 Å². The van der Waals surface area contributed by atoms with Gasteiger partial charge in [0, 0.05) is 75.4 Å². The second-order valence-electron chi connectivity index (χ2n) is 29.3. The Morgan fingerprint density at radius 3 is 1.42 bits per heavy atom. The van der Waals surface area contributed by atoms with Crippen molar-refractivity contribution in [2.24, 2.45) is 34.8 Å². The number of guanidine groups is 2. The summed E-state index contributed by atoms with van der Waals surface area (Å²) in [6.45, 7) is 10.9. The number of aromatic amines is 2. The Hall–Kier alpha value is -12.4. The fourth-order valence-electron chi connectivity index (χ4n) is 12.2. The lowest BCUT2D eigenvalue weighted by Crippen LogP contribution is -2.63. The predicted molar refractivity (Wildman–Crippen MR) is 433 cm³/mol. The summed E-state index contributed by atoms with van der Waals surface area (Å²) in [6, 6.07) is -12.7. The van der Waals surface area contributed by atoms with Crippen LogP contribution in [0.1, 0.15) is 163 Å². The molecule has 0 aliphatic carbocycles. The van der Waals surface area contributed by atoms with Crippen LogP contribution in [0.3, 0.4) is 0 Å². The van der Waals surface area contributed by atoms with Crippen molar-refractivity contribution in [3.05, 3.63) is 54.2 Å². The highest BCUT2D eigenvalue weighted by Crippen LogP contribution is 2.38. The van der Waals surface area contributed by atoms with Gasteiger partial charge >= 0.3 is 19.8 Å². The molecule has 3 aromatic rings. The molecule has 0 unspecified atom stereocenters. The summed E-state index contributed by atoms with van der Waals surface area (Å²) in [5.74, 6) is -20.9. The summed E-state index contributed by atoms with van der Waals surface area (Å²) >= 11 is 0. The van der Waals surface area contributed by atoms with E-state index in [0.29, 0.717) is 18.4 Å². The number of carbonyl (C=O) groups is 17. The molecule has 0 aliphatic rings. The van der Waals surface area contributed by atoms with Gasteiger partial charge in [0.2, 0.25) is 88.6 Å². The largest absolute Gasteiger partial charge is 0.481 e. The van der Waals surface area contributed by atoms with Crippen molar-refractivity contribution in [2.45, 2.75) is 243 Å². The van der Waals surface area contributed by atoms with Crippen LogP contribution in [0.15, 0.2) is 43.0 Å². The molecule has 31 N–H and O–H groups in total. The number of unbranched alkanes of at least 4 members (excludes halogenated alkanes) is 1. The summed E-state index contributed by atoms with van der Waals surface area (Å²) < 4.78 is 17.2. The number of para-hydroxylation sites is 1. The van der Waals surface area contributed by atoms with Crippen LogP contribution in [0.4, 0.5) is 0 Å². The van der Waals surface area contributed by atoms with E-state index in [1.807, 2.05) is 18.2 Å². The smallest absolute Gasteiger partial charge is 0.469 e. The summed E-state index contributed by atoms with van der Waals surface area (Å²) in [4.78, 5) is 262. The number of phosphoric acid groups is 1. The molecular weight excluding hydrogens is 1610 g/mol. The first kappa shape index (κ1) is 103. The number of aliphatic carboxylic acids is 2. The van der Waals surface area contributed by atoms with E-state index in [0.717, 1.165) is 17.8 Å². The van der Waals surface area contributed by atoms with E-state index in [4.69, 9.17) is 38.3 Å². The molecule has 672 valence electrons. The molecule has 48 heteroatoms. The van der Waals surface area contributed by atoms with Crippen LogP contribution in [-0.2, 0) is 103 Å². The van der Waals surface area contributed by atoms with Gasteiger partial charge in [-0.15, -0.1) is 0 Å². The van der Waals surface area contributed by atoms with Crippen molar-refractivity contribution < 1.29 is 111 Å². The molecule has 3 rings (SSSR count). The standard InChI is InChI=1S/C73H117N24O23P/c1-9-11-17-46(87-55(100)34-84-61(106)52(86-39(8)98)30-40-32-83-44-18-13-12-16-42(40)44)63(108)95-53(31-41-33-80-35-85-41)69(114)90-47(20-15-28-82-73(78)79)64(109)91-48(21-24-54(74)99)66(111)92-50(23-26-57(103)104)67(112)97-59(38(7)120-121(117,118)119)71(116)96-58(37(5)6)70(115)93-49(22-25-56(101)102)65(110)88-43(10-2)62(107)94-51(29-36(3)4)68(113)89-45(60(75)105)19-14-27-81-72(76)77/h12-13,16,18,32-33,35-38,43,45-53,58-59,83H,9-11,14-15,17,19-31,34H2,1-8H3,(H2,74,99)(H2,75,105)(H,80,85)(H,84,106)(H,86,98)(H,87,100)(H,88,110)(H,89,113)(H,90,114)(H,91,109)(H,92,111)(H,93,115)(H,94,107)(H,95,108)(H,96,116)(H,97,112)(H,101,102)(H,103,104)(H4,76,77,81)(H4,78,79,82)(H2,117,118,119)/t38-,43+,45+,46+,47+,48+,49+,50+,51+,52+,53+,58+,59+/m1/s1. The lowest BCUT2D eigenvalue weighted by molar-refractivity contribution is -0.140. The highest BCUT2D eigenvalue weighted by Gasteiger charge is 2.41. The van der Waals surface area contributed by atoms with Crippen LogP contribution in [0.5, 0.6) is 0 Å². The number of nitrogens with two attached hydrogens (primary N) is 4. The van der Waals surface area contributed by atoms with Crippen LogP contribution in [0.2, 0.25) is 0 Å². The number of rotatable bonds is 57. The third-order valence-corrected chi connectivity index (χ3v) is 19.0. The van der Waals surface area contributed by atoms with Crippen molar-refractivity contribution in [1.82, 2.24) is 94.7 Å². The number of phosphoric ester groups is 1. The Morgan fingerprint density at radius 2 is 0.934 bits per heavy atom. The molecule has 0 bridgehead atoms. The first-order valence-corrected chi connectivity index (χ1v) is 40.7. The number of H-pyrrole nitrogens is 2. The Bertz CT molecular complexity index is 4140. The number of carboxylic acid groups (broad SMARTS) is 2. The third-order valence-electron chi connectivity index (χ3n) is 18.4. The van der Waals surface area contributed by atoms with Crippen molar-refractivity contribution >= 4 is 131 Å². The van der Waals surface area contributed by atoms with Gasteiger partial charge in [0.1, 0.15) is 72.5 Å². The average Bonchev–Trinajstić information content (AvgIpc) is 1.79. The number of carbonyl (C=O) groups excluding carboxylic acids is 15. The molecular formula is C73H117N24O23P. The number of benzene rings is 1. The summed E-state index contributed by atoms with van der Waals surface area (Å²) in [6.07, 6.45) is -2.28. The van der Waals surface area contributed by atoms with Gasteiger partial charge in [-0.05, 0) is 94.6 Å². The zero-order chi connectivity index (χ0) is 91.0. The number of nitrogens with one attached hydrogen (secondary N) is 19. The van der Waals surface area contributed by atoms with E-state index < -0.39 is 244 Å². The third kappa shape index (κ3) is 38.9. The number of imidazole rings is 1. The van der Waals surface area contributed by atoms with Crippen molar-refractivity contribution in [1.29, 1.82) is 10.8 Å². The van der Waals surface area contributed by atoms with E-state index in [2.05, 4.69) is 94.7 Å². The van der Waals surface area contributed by atoms with Crippen molar-refractivity contribution in [3.8, 4) is 0 Å². The quantitative estimate of drug-likeness (QED) is 0.0108. The van der Waals surface area contributed by atoms with E-state index in [-0.39, 0.29) is 88.4 Å². The molecule has 0 aliphatic heterocycles. The van der Waals surface area contributed by atoms with Gasteiger partial charge in [-0.2, -0.15) is 0 Å². The average molecular weight is 1730 g/mol. The molecule has 0 fully saturated rings. The van der Waals surface area contributed by atoms with Gasteiger partial charge in [0.05, 0.1) is 24.7 Å². The van der Waals surface area contributed by atoms with Crippen LogP contribution < -0.4 is 103 Å². The van der Waals surface area contributed by atoms with Gasteiger partial charge in [-0.1, -0.05) is 72.6 Å². The molecule has 15 amide bonds. The summed E-state index contributed by atoms with van der Waals surface area (Å²) in [7, 11) is -5.65. The van der Waals surface area contributed by atoms with Crippen LogP contribution in [0.25, 0.3) is 10.9 Å². The predicted octanol–water partition coefficient (Wildman–Crippen LogP) is -5.56. The molecule has 13 atom stereocenters. The number of nitrogens with zero attached hydrogens (tertiary/aromatic N) is 1. The molecule has 0 spiro atoms. The Labute approximate surface area is 696 Å². The first-order valence-electron chi connectivity index (χ1n) is 39.1. The molecule has 47 nitrogen and oxygen atoms in total. The molecule has 2 heterocycles. The number of primary amides is 2. The number of aromatic nitrogens is 3. The summed E-state index contributed by atoms with van der Waals surface area (Å²) in [5, 5.41) is 72.1. The maximum atomic E-state index is 14.7. The van der Waals surface area contributed by atoms with Gasteiger partial charge < -0.3 is 133 Å². The lowest BCUT2D eigenvalue weighted by Gasteiger charge is -2.31. The van der Waals surface area contributed by atoms with Gasteiger partial charge in [0.15, 0.2) is 11.9 Å². The topological polar surface area (TPSA) is 774 Å². The molecule has 2 aromatic heterocycles. The minimum Gasteiger partial charge on any atom is -0.481 e. The van der Waals surface area contributed by atoms with E-state index >= 15 is 0 Å². The number of hydrogen-bond acceptors (Lipinski definition) is 22. The van der Waals surface area contributed by atoms with E-state index in [9.17, 15) is 106 Å². The second kappa shape index (κ2) is 51.8. The Balaban J connectivity index is 1.99. The fraction of sp³-hybridized carbons (Fsp3) is 0.589. The normalized spacial score (nSPS) is 14.5. The maximum Gasteiger partial charge on any atom is 0.469 e. The van der Waals surface area contributed by atoms with Gasteiger partial charge in [0.25, 0.3) is 0 Å². The molecule has 1 aromatic carbocycles. The van der Waals surface area contributed by atoms with Gasteiger partial charge in [-0.25, -0.2) is 9.55 Å². The summed E-state index contributed by atoms with van der Waals surface area (Å²) in [5.41, 5.74) is 23.5. The minimum absolute atomic E-state index is 0.00146. The number of carboxylic acids is 2. The fourth-order valence-corrected chi connectivity index (χ4v) is 12.7. The zero-order valence-electron chi connectivity index (χ0n) is 68.6.